The van der Waals surface area contributed by atoms with Crippen molar-refractivity contribution in [3.8, 4) is 5.75 Å². The number of methoxy groups -OCH3 is 1. The topological polar surface area (TPSA) is 30.5 Å². The number of ether oxygens (including phenoxy) is 2. The molecule has 3 nitrogen and oxygen atoms in total. The SMILES string of the molecule is CCOc1ccc(CCC(C)(C)CNCCOC)cc1. The van der Waals surface area contributed by atoms with E-state index in [0.717, 1.165) is 38.5 Å². The first-order valence-corrected chi connectivity index (χ1v) is 7.49. The fourth-order valence-electron chi connectivity index (χ4n) is 2.09. The highest BCUT2D eigenvalue weighted by Crippen LogP contribution is 2.22. The molecule has 0 spiro atoms. The molecule has 0 heterocycles. The first kappa shape index (κ1) is 17.0. The van der Waals surface area contributed by atoms with Crippen LogP contribution in [0.15, 0.2) is 24.3 Å². The zero-order chi connectivity index (χ0) is 14.8. The highest BCUT2D eigenvalue weighted by molar-refractivity contribution is 5.27. The minimum Gasteiger partial charge on any atom is -0.494 e. The Morgan fingerprint density at radius 1 is 1.15 bits per heavy atom. The summed E-state index contributed by atoms with van der Waals surface area (Å²) in [6.45, 7) is 10.1. The van der Waals surface area contributed by atoms with Crippen molar-refractivity contribution in [2.45, 2.75) is 33.6 Å². The van der Waals surface area contributed by atoms with Crippen LogP contribution in [0.1, 0.15) is 32.8 Å². The van der Waals surface area contributed by atoms with E-state index in [9.17, 15) is 0 Å². The molecule has 0 aromatic heterocycles. The Bertz CT molecular complexity index is 360. The van der Waals surface area contributed by atoms with Gasteiger partial charge in [0.25, 0.3) is 0 Å². The van der Waals surface area contributed by atoms with Crippen molar-refractivity contribution in [3.63, 3.8) is 0 Å². The molecular weight excluding hydrogens is 250 g/mol. The molecule has 1 N–H and O–H groups in total. The Hall–Kier alpha value is -1.06. The van der Waals surface area contributed by atoms with Gasteiger partial charge >= 0.3 is 0 Å². The summed E-state index contributed by atoms with van der Waals surface area (Å²) < 4.78 is 10.5. The summed E-state index contributed by atoms with van der Waals surface area (Å²) in [6.07, 6.45) is 2.27. The van der Waals surface area contributed by atoms with E-state index in [1.807, 2.05) is 6.92 Å². The van der Waals surface area contributed by atoms with Crippen LogP contribution in [-0.4, -0.2) is 33.4 Å². The fourth-order valence-corrected chi connectivity index (χ4v) is 2.09. The summed E-state index contributed by atoms with van der Waals surface area (Å²) in [4.78, 5) is 0. The maximum absolute atomic E-state index is 5.46. The molecule has 0 fully saturated rings. The van der Waals surface area contributed by atoms with Crippen LogP contribution in [-0.2, 0) is 11.2 Å². The van der Waals surface area contributed by atoms with Crippen molar-refractivity contribution in [2.75, 3.05) is 33.4 Å². The van der Waals surface area contributed by atoms with Crippen molar-refractivity contribution in [2.24, 2.45) is 5.41 Å². The number of rotatable bonds is 10. The Kier molecular flexibility index (Phi) is 7.63. The highest BCUT2D eigenvalue weighted by Gasteiger charge is 2.17. The average Bonchev–Trinajstić information content (AvgIpc) is 2.43. The quantitative estimate of drug-likeness (QED) is 0.667. The second kappa shape index (κ2) is 8.98. The van der Waals surface area contributed by atoms with Crippen LogP contribution in [0, 0.1) is 5.41 Å². The van der Waals surface area contributed by atoms with Gasteiger partial charge in [0.05, 0.1) is 13.2 Å². The average molecular weight is 279 g/mol. The van der Waals surface area contributed by atoms with Crippen LogP contribution in [0.4, 0.5) is 0 Å². The van der Waals surface area contributed by atoms with Gasteiger partial charge in [0, 0.05) is 20.2 Å². The van der Waals surface area contributed by atoms with Gasteiger partial charge in [-0.25, -0.2) is 0 Å². The molecule has 0 aliphatic rings. The lowest BCUT2D eigenvalue weighted by molar-refractivity contribution is 0.193. The number of benzene rings is 1. The van der Waals surface area contributed by atoms with Gasteiger partial charge in [0.15, 0.2) is 0 Å². The smallest absolute Gasteiger partial charge is 0.119 e. The van der Waals surface area contributed by atoms with Crippen LogP contribution >= 0.6 is 0 Å². The number of hydrogen-bond acceptors (Lipinski definition) is 3. The predicted molar refractivity (Wildman–Crippen MR) is 84.5 cm³/mol. The second-order valence-corrected chi connectivity index (χ2v) is 5.91. The fraction of sp³-hybridized carbons (Fsp3) is 0.647. The Morgan fingerprint density at radius 2 is 1.85 bits per heavy atom. The van der Waals surface area contributed by atoms with E-state index in [0.29, 0.717) is 5.41 Å². The van der Waals surface area contributed by atoms with Crippen LogP contribution in [0.2, 0.25) is 0 Å². The molecule has 0 aliphatic carbocycles. The van der Waals surface area contributed by atoms with Gasteiger partial charge in [-0.1, -0.05) is 26.0 Å². The van der Waals surface area contributed by atoms with Crippen molar-refractivity contribution >= 4 is 0 Å². The van der Waals surface area contributed by atoms with Gasteiger partial charge in [0.2, 0.25) is 0 Å². The predicted octanol–water partition coefficient (Wildman–Crippen LogP) is 3.28. The van der Waals surface area contributed by atoms with E-state index in [4.69, 9.17) is 9.47 Å². The van der Waals surface area contributed by atoms with Gasteiger partial charge in [-0.3, -0.25) is 0 Å². The number of hydrogen-bond donors (Lipinski definition) is 1. The standard InChI is InChI=1S/C17H29NO2/c1-5-20-16-8-6-15(7-9-16)10-11-17(2,3)14-18-12-13-19-4/h6-9,18H,5,10-14H2,1-4H3. The van der Waals surface area contributed by atoms with Gasteiger partial charge in [0.1, 0.15) is 5.75 Å². The van der Waals surface area contributed by atoms with Crippen molar-refractivity contribution in [1.82, 2.24) is 5.32 Å². The summed E-state index contributed by atoms with van der Waals surface area (Å²) in [5.74, 6) is 0.955. The zero-order valence-corrected chi connectivity index (χ0v) is 13.4. The normalized spacial score (nSPS) is 11.6. The lowest BCUT2D eigenvalue weighted by atomic mass is 9.86. The molecule has 0 aliphatic heterocycles. The van der Waals surface area contributed by atoms with E-state index in [1.54, 1.807) is 7.11 Å². The molecule has 20 heavy (non-hydrogen) atoms. The van der Waals surface area contributed by atoms with Crippen molar-refractivity contribution in [3.05, 3.63) is 29.8 Å². The van der Waals surface area contributed by atoms with Gasteiger partial charge in [-0.15, -0.1) is 0 Å². The Morgan fingerprint density at radius 3 is 2.45 bits per heavy atom. The molecule has 0 unspecified atom stereocenters. The molecule has 1 aromatic carbocycles. The van der Waals surface area contributed by atoms with E-state index >= 15 is 0 Å². The van der Waals surface area contributed by atoms with E-state index in [1.165, 1.54) is 12.0 Å². The third-order valence-corrected chi connectivity index (χ3v) is 3.41. The molecule has 3 heteroatoms. The summed E-state index contributed by atoms with van der Waals surface area (Å²) in [7, 11) is 1.73. The third-order valence-electron chi connectivity index (χ3n) is 3.41. The molecule has 0 atom stereocenters. The third kappa shape index (κ3) is 6.92. The minimum atomic E-state index is 0.298. The van der Waals surface area contributed by atoms with Crippen LogP contribution in [0.3, 0.4) is 0 Å². The number of nitrogens with one attached hydrogen (secondary N) is 1. The van der Waals surface area contributed by atoms with Gasteiger partial charge < -0.3 is 14.8 Å². The molecule has 0 radical (unpaired) electrons. The molecule has 1 rings (SSSR count). The Labute approximate surface area is 123 Å². The van der Waals surface area contributed by atoms with Crippen LogP contribution in [0.5, 0.6) is 5.75 Å². The second-order valence-electron chi connectivity index (χ2n) is 5.91. The lowest BCUT2D eigenvalue weighted by Gasteiger charge is -2.25. The maximum Gasteiger partial charge on any atom is 0.119 e. The molecule has 0 bridgehead atoms. The molecule has 1 aromatic rings. The summed E-state index contributed by atoms with van der Waals surface area (Å²) >= 11 is 0. The van der Waals surface area contributed by atoms with E-state index in [2.05, 4.69) is 43.4 Å². The molecular formula is C17H29NO2. The zero-order valence-electron chi connectivity index (χ0n) is 13.4. The van der Waals surface area contributed by atoms with Crippen molar-refractivity contribution < 1.29 is 9.47 Å². The monoisotopic (exact) mass is 279 g/mol. The van der Waals surface area contributed by atoms with Gasteiger partial charge in [-0.2, -0.15) is 0 Å². The molecule has 114 valence electrons. The van der Waals surface area contributed by atoms with Gasteiger partial charge in [-0.05, 0) is 42.9 Å². The first-order chi connectivity index (χ1) is 9.57. The van der Waals surface area contributed by atoms with E-state index < -0.39 is 0 Å². The summed E-state index contributed by atoms with van der Waals surface area (Å²) in [6, 6.07) is 8.45. The van der Waals surface area contributed by atoms with Crippen LogP contribution in [0.25, 0.3) is 0 Å². The molecule has 0 saturated heterocycles. The molecule has 0 saturated carbocycles. The number of aryl methyl sites for hydroxylation is 1. The lowest BCUT2D eigenvalue weighted by Crippen LogP contribution is -2.31. The largest absolute Gasteiger partial charge is 0.494 e. The first-order valence-electron chi connectivity index (χ1n) is 7.49. The summed E-state index contributed by atoms with van der Waals surface area (Å²) in [5, 5.41) is 3.44. The highest BCUT2D eigenvalue weighted by atomic mass is 16.5. The maximum atomic E-state index is 5.46. The molecule has 0 amide bonds. The van der Waals surface area contributed by atoms with Crippen LogP contribution < -0.4 is 10.1 Å². The van der Waals surface area contributed by atoms with Crippen molar-refractivity contribution in [1.29, 1.82) is 0 Å². The Balaban J connectivity index is 2.33. The summed E-state index contributed by atoms with van der Waals surface area (Å²) in [5.41, 5.74) is 1.67. The van der Waals surface area contributed by atoms with E-state index in [-0.39, 0.29) is 0 Å². The minimum absolute atomic E-state index is 0.298.